The zero-order valence-electron chi connectivity index (χ0n) is 9.83. The van der Waals surface area contributed by atoms with E-state index >= 15 is 0 Å². The molecule has 18 heavy (non-hydrogen) atoms. The molecule has 1 aliphatic rings. The number of aromatic nitrogens is 1. The molecule has 2 heterocycles. The van der Waals surface area contributed by atoms with Gasteiger partial charge in [0.2, 0.25) is 5.91 Å². The number of thioether (sulfide) groups is 1. The molecule has 0 atom stereocenters. The largest absolute Gasteiger partial charge is 0.478 e. The Hall–Kier alpha value is -1.56. The minimum absolute atomic E-state index is 0.0972. The highest BCUT2D eigenvalue weighted by Crippen LogP contribution is 2.18. The number of nitrogens with zero attached hydrogens (tertiary/aromatic N) is 2. The number of carbonyl (C=O) groups excluding carboxylic acids is 1. The van der Waals surface area contributed by atoms with E-state index in [1.54, 1.807) is 0 Å². The normalized spacial score (nSPS) is 14.8. The molecule has 2 rings (SSSR count). The Morgan fingerprint density at radius 3 is 2.78 bits per heavy atom. The van der Waals surface area contributed by atoms with Crippen molar-refractivity contribution in [2.24, 2.45) is 0 Å². The van der Waals surface area contributed by atoms with E-state index in [4.69, 9.17) is 5.11 Å². The Labute approximate surface area is 109 Å². The number of carboxylic acids is 1. The van der Waals surface area contributed by atoms with Gasteiger partial charge in [-0.1, -0.05) is 11.8 Å². The van der Waals surface area contributed by atoms with Gasteiger partial charge in [-0.25, -0.2) is 9.78 Å². The highest BCUT2D eigenvalue weighted by atomic mass is 32.2. The van der Waals surface area contributed by atoms with Crippen molar-refractivity contribution in [3.05, 3.63) is 23.9 Å². The summed E-state index contributed by atoms with van der Waals surface area (Å²) in [6.45, 7) is 1.67. The molecule has 0 saturated carbocycles. The van der Waals surface area contributed by atoms with Crippen LogP contribution in [0.5, 0.6) is 0 Å². The maximum absolute atomic E-state index is 11.8. The van der Waals surface area contributed by atoms with E-state index < -0.39 is 5.97 Å². The van der Waals surface area contributed by atoms with Crippen LogP contribution in [0.15, 0.2) is 23.4 Å². The number of rotatable bonds is 4. The Morgan fingerprint density at radius 2 is 2.11 bits per heavy atom. The van der Waals surface area contributed by atoms with Gasteiger partial charge < -0.3 is 10.0 Å². The lowest BCUT2D eigenvalue weighted by atomic mass is 10.3. The van der Waals surface area contributed by atoms with E-state index in [9.17, 15) is 9.59 Å². The lowest BCUT2D eigenvalue weighted by Crippen LogP contribution is -2.29. The van der Waals surface area contributed by atoms with Gasteiger partial charge in [-0.3, -0.25) is 4.79 Å². The molecule has 0 spiro atoms. The number of hydrogen-bond donors (Lipinski definition) is 1. The summed E-state index contributed by atoms with van der Waals surface area (Å²) in [6.07, 6.45) is 3.60. The molecular formula is C12H14N2O3S. The van der Waals surface area contributed by atoms with Crippen molar-refractivity contribution >= 4 is 23.6 Å². The topological polar surface area (TPSA) is 70.5 Å². The van der Waals surface area contributed by atoms with E-state index in [1.165, 1.54) is 30.1 Å². The second-order valence-corrected chi connectivity index (χ2v) is 5.06. The molecule has 1 aromatic heterocycles. The number of likely N-dealkylation sites (tertiary alicyclic amines) is 1. The molecule has 1 aliphatic heterocycles. The van der Waals surface area contributed by atoms with Gasteiger partial charge in [0.05, 0.1) is 16.3 Å². The van der Waals surface area contributed by atoms with E-state index in [1.807, 2.05) is 4.90 Å². The van der Waals surface area contributed by atoms with Crippen molar-refractivity contribution < 1.29 is 14.7 Å². The number of amides is 1. The fourth-order valence-electron chi connectivity index (χ4n) is 1.81. The maximum Gasteiger partial charge on any atom is 0.335 e. The summed E-state index contributed by atoms with van der Waals surface area (Å²) in [6, 6.07) is 2.93. The Balaban J connectivity index is 1.91. The highest BCUT2D eigenvalue weighted by Gasteiger charge is 2.18. The number of pyridine rings is 1. The molecule has 1 N–H and O–H groups in total. The number of carboxylic acid groups (broad SMARTS) is 1. The van der Waals surface area contributed by atoms with Gasteiger partial charge in [0, 0.05) is 19.3 Å². The van der Waals surface area contributed by atoms with Crippen molar-refractivity contribution in [3.8, 4) is 0 Å². The summed E-state index contributed by atoms with van der Waals surface area (Å²) >= 11 is 1.28. The molecule has 0 aromatic carbocycles. The molecule has 1 fully saturated rings. The van der Waals surface area contributed by atoms with Crippen LogP contribution in [0, 0.1) is 0 Å². The molecule has 1 amide bonds. The van der Waals surface area contributed by atoms with Crippen LogP contribution in [0.1, 0.15) is 23.2 Å². The summed E-state index contributed by atoms with van der Waals surface area (Å²) in [5.74, 6) is -0.569. The van der Waals surface area contributed by atoms with Crippen molar-refractivity contribution in [1.29, 1.82) is 0 Å². The zero-order valence-corrected chi connectivity index (χ0v) is 10.7. The third-order valence-electron chi connectivity index (χ3n) is 2.78. The van der Waals surface area contributed by atoms with Crippen LogP contribution in [0.4, 0.5) is 0 Å². The molecule has 0 radical (unpaired) electrons. The monoisotopic (exact) mass is 266 g/mol. The van der Waals surface area contributed by atoms with Crippen molar-refractivity contribution in [3.63, 3.8) is 0 Å². The summed E-state index contributed by atoms with van der Waals surface area (Å²) in [5.41, 5.74) is 0.195. The van der Waals surface area contributed by atoms with Gasteiger partial charge in [0.15, 0.2) is 0 Å². The Bertz CT molecular complexity index is 458. The van der Waals surface area contributed by atoms with E-state index in [-0.39, 0.29) is 11.5 Å². The van der Waals surface area contributed by atoms with Crippen LogP contribution >= 0.6 is 11.8 Å². The average molecular weight is 266 g/mol. The summed E-state index contributed by atoms with van der Waals surface area (Å²) < 4.78 is 0. The second kappa shape index (κ2) is 5.86. The van der Waals surface area contributed by atoms with Crippen LogP contribution < -0.4 is 0 Å². The second-order valence-electron chi connectivity index (χ2n) is 4.06. The molecule has 1 saturated heterocycles. The van der Waals surface area contributed by atoms with E-state index in [0.717, 1.165) is 25.9 Å². The van der Waals surface area contributed by atoms with Gasteiger partial charge in [-0.15, -0.1) is 0 Å². The zero-order chi connectivity index (χ0) is 13.0. The van der Waals surface area contributed by atoms with E-state index in [0.29, 0.717) is 10.8 Å². The highest BCUT2D eigenvalue weighted by molar-refractivity contribution is 7.99. The van der Waals surface area contributed by atoms with Crippen LogP contribution in [-0.4, -0.2) is 45.7 Å². The molecule has 1 aromatic rings. The first-order valence-electron chi connectivity index (χ1n) is 5.77. The van der Waals surface area contributed by atoms with Gasteiger partial charge >= 0.3 is 5.97 Å². The molecule has 96 valence electrons. The first-order valence-corrected chi connectivity index (χ1v) is 6.75. The molecule has 5 nitrogen and oxygen atoms in total. The fraction of sp³-hybridized carbons (Fsp3) is 0.417. The van der Waals surface area contributed by atoms with Gasteiger partial charge in [-0.2, -0.15) is 0 Å². The van der Waals surface area contributed by atoms with Crippen molar-refractivity contribution in [2.75, 3.05) is 18.8 Å². The summed E-state index contributed by atoms with van der Waals surface area (Å²) in [4.78, 5) is 28.5. The number of aromatic carboxylic acids is 1. The lowest BCUT2D eigenvalue weighted by molar-refractivity contribution is -0.127. The first kappa shape index (κ1) is 12.9. The van der Waals surface area contributed by atoms with Crippen LogP contribution in [0.2, 0.25) is 0 Å². The minimum atomic E-state index is -0.981. The molecule has 0 bridgehead atoms. The molecule has 0 unspecified atom stereocenters. The van der Waals surface area contributed by atoms with Crippen molar-refractivity contribution in [1.82, 2.24) is 9.88 Å². The van der Waals surface area contributed by atoms with Gasteiger partial charge in [0.1, 0.15) is 0 Å². The minimum Gasteiger partial charge on any atom is -0.478 e. The standard InChI is InChI=1S/C12H14N2O3S/c15-11(14-5-1-2-6-14)8-18-10-7-9(12(16)17)3-4-13-10/h3-4,7H,1-2,5-6,8H2,(H,16,17). The Morgan fingerprint density at radius 1 is 1.39 bits per heavy atom. The van der Waals surface area contributed by atoms with Crippen LogP contribution in [-0.2, 0) is 4.79 Å². The quantitative estimate of drug-likeness (QED) is 0.836. The van der Waals surface area contributed by atoms with Crippen molar-refractivity contribution in [2.45, 2.75) is 17.9 Å². The van der Waals surface area contributed by atoms with Crippen LogP contribution in [0.3, 0.4) is 0 Å². The predicted octanol–water partition coefficient (Wildman–Crippen LogP) is 1.49. The molecular weight excluding hydrogens is 252 g/mol. The van der Waals surface area contributed by atoms with Crippen LogP contribution in [0.25, 0.3) is 0 Å². The fourth-order valence-corrected chi connectivity index (χ4v) is 2.61. The number of hydrogen-bond acceptors (Lipinski definition) is 4. The molecule has 0 aliphatic carbocycles. The lowest BCUT2D eigenvalue weighted by Gasteiger charge is -2.14. The maximum atomic E-state index is 11.8. The smallest absolute Gasteiger partial charge is 0.335 e. The Kier molecular flexibility index (Phi) is 4.19. The third kappa shape index (κ3) is 3.22. The average Bonchev–Trinajstić information content (AvgIpc) is 2.90. The summed E-state index contributed by atoms with van der Waals surface area (Å²) in [7, 11) is 0. The summed E-state index contributed by atoms with van der Waals surface area (Å²) in [5, 5.41) is 9.42. The van der Waals surface area contributed by atoms with Gasteiger partial charge in [0.25, 0.3) is 0 Å². The van der Waals surface area contributed by atoms with E-state index in [2.05, 4.69) is 4.98 Å². The third-order valence-corrected chi connectivity index (χ3v) is 3.69. The first-order chi connectivity index (χ1) is 8.66. The van der Waals surface area contributed by atoms with Gasteiger partial charge in [-0.05, 0) is 25.0 Å². The number of carbonyl (C=O) groups is 2. The predicted molar refractivity (Wildman–Crippen MR) is 67.7 cm³/mol. The SMILES string of the molecule is O=C(O)c1ccnc(SCC(=O)N2CCCC2)c1. The molecule has 6 heteroatoms.